The van der Waals surface area contributed by atoms with Crippen molar-refractivity contribution in [3.63, 3.8) is 0 Å². The highest BCUT2D eigenvalue weighted by molar-refractivity contribution is 9.10. The molecule has 104 valence electrons. The Morgan fingerprint density at radius 2 is 1.95 bits per heavy atom. The number of rotatable bonds is 4. The zero-order valence-corrected chi connectivity index (χ0v) is 12.1. The molecule has 0 heterocycles. The molecule has 2 aromatic carbocycles. The molecule has 0 atom stereocenters. The summed E-state index contributed by atoms with van der Waals surface area (Å²) in [6.07, 6.45) is 0.516. The van der Waals surface area contributed by atoms with E-state index in [0.717, 1.165) is 5.56 Å². The fraction of sp³-hybridized carbons (Fsp3) is 0.133. The Hall–Kier alpha value is -1.75. The van der Waals surface area contributed by atoms with E-state index in [2.05, 4.69) is 21.2 Å². The number of benzene rings is 2. The molecule has 1 N–H and O–H groups in total. The van der Waals surface area contributed by atoms with Crippen LogP contribution >= 0.6 is 15.9 Å². The lowest BCUT2D eigenvalue weighted by Crippen LogP contribution is -2.25. The molecule has 2 nitrogen and oxygen atoms in total. The minimum absolute atomic E-state index is 0.255. The summed E-state index contributed by atoms with van der Waals surface area (Å²) in [5.41, 5.74) is 1.05. The van der Waals surface area contributed by atoms with Crippen LogP contribution in [0.2, 0.25) is 0 Å². The van der Waals surface area contributed by atoms with Gasteiger partial charge < -0.3 is 5.32 Å². The van der Waals surface area contributed by atoms with Crippen molar-refractivity contribution in [3.8, 4) is 0 Å². The molecular weight excluding hydrogens is 328 g/mol. The van der Waals surface area contributed by atoms with E-state index in [1.54, 1.807) is 12.1 Å². The molecule has 0 aromatic heterocycles. The summed E-state index contributed by atoms with van der Waals surface area (Å²) < 4.78 is 26.6. The maximum atomic E-state index is 13.3. The van der Waals surface area contributed by atoms with Crippen molar-refractivity contribution in [3.05, 3.63) is 69.7 Å². The van der Waals surface area contributed by atoms with Crippen LogP contribution in [0.5, 0.6) is 0 Å². The standard InChI is InChI=1S/C15H12BrF2NO/c16-13-5-4-11(9-14(13)18)15(20)19-7-6-10-2-1-3-12(17)8-10/h1-5,8-9H,6-7H2,(H,19,20). The topological polar surface area (TPSA) is 29.1 Å². The number of hydrogen-bond acceptors (Lipinski definition) is 1. The van der Waals surface area contributed by atoms with Gasteiger partial charge in [-0.1, -0.05) is 12.1 Å². The van der Waals surface area contributed by atoms with Gasteiger partial charge in [-0.25, -0.2) is 8.78 Å². The molecule has 0 fully saturated rings. The maximum absolute atomic E-state index is 13.3. The average molecular weight is 340 g/mol. The second-order valence-electron chi connectivity index (χ2n) is 4.26. The highest BCUT2D eigenvalue weighted by atomic mass is 79.9. The first-order chi connectivity index (χ1) is 9.56. The number of halogens is 3. The maximum Gasteiger partial charge on any atom is 0.251 e. The summed E-state index contributed by atoms with van der Waals surface area (Å²) in [6, 6.07) is 10.4. The molecule has 0 radical (unpaired) electrons. The second kappa shape index (κ2) is 6.61. The summed E-state index contributed by atoms with van der Waals surface area (Å²) in [7, 11) is 0. The normalized spacial score (nSPS) is 10.3. The van der Waals surface area contributed by atoms with Crippen LogP contribution in [-0.4, -0.2) is 12.5 Å². The van der Waals surface area contributed by atoms with Gasteiger partial charge in [0, 0.05) is 12.1 Å². The molecule has 2 rings (SSSR count). The Bertz CT molecular complexity index is 631. The SMILES string of the molecule is O=C(NCCc1cccc(F)c1)c1ccc(Br)c(F)c1. The van der Waals surface area contributed by atoms with E-state index in [4.69, 9.17) is 0 Å². The van der Waals surface area contributed by atoms with E-state index < -0.39 is 5.82 Å². The van der Waals surface area contributed by atoms with E-state index >= 15 is 0 Å². The third kappa shape index (κ3) is 3.87. The van der Waals surface area contributed by atoms with E-state index in [1.807, 2.05) is 0 Å². The smallest absolute Gasteiger partial charge is 0.251 e. The van der Waals surface area contributed by atoms with Crippen LogP contribution < -0.4 is 5.32 Å². The molecule has 1 amide bonds. The third-order valence-electron chi connectivity index (χ3n) is 2.77. The lowest BCUT2D eigenvalue weighted by atomic mass is 10.1. The van der Waals surface area contributed by atoms with Gasteiger partial charge in [0.1, 0.15) is 11.6 Å². The van der Waals surface area contributed by atoms with Gasteiger partial charge in [-0.2, -0.15) is 0 Å². The number of amides is 1. The molecule has 0 aliphatic heterocycles. The first-order valence-corrected chi connectivity index (χ1v) is 6.83. The second-order valence-corrected chi connectivity index (χ2v) is 5.12. The molecule has 0 spiro atoms. The zero-order valence-electron chi connectivity index (χ0n) is 10.5. The van der Waals surface area contributed by atoms with Crippen molar-refractivity contribution in [1.82, 2.24) is 5.32 Å². The Morgan fingerprint density at radius 3 is 2.65 bits per heavy atom. The number of hydrogen-bond donors (Lipinski definition) is 1. The lowest BCUT2D eigenvalue weighted by Gasteiger charge is -2.06. The molecular formula is C15H12BrF2NO. The minimum atomic E-state index is -0.484. The molecule has 5 heteroatoms. The molecule has 0 saturated carbocycles. The molecule has 0 aliphatic rings. The first kappa shape index (κ1) is 14.7. The van der Waals surface area contributed by atoms with Crippen molar-refractivity contribution in [2.75, 3.05) is 6.54 Å². The fourth-order valence-electron chi connectivity index (χ4n) is 1.75. The fourth-order valence-corrected chi connectivity index (χ4v) is 2.00. The highest BCUT2D eigenvalue weighted by Crippen LogP contribution is 2.16. The van der Waals surface area contributed by atoms with Gasteiger partial charge in [-0.3, -0.25) is 4.79 Å². The van der Waals surface area contributed by atoms with Gasteiger partial charge >= 0.3 is 0 Å². The van der Waals surface area contributed by atoms with E-state index in [1.165, 1.54) is 30.3 Å². The first-order valence-electron chi connectivity index (χ1n) is 6.04. The van der Waals surface area contributed by atoms with E-state index in [0.29, 0.717) is 17.4 Å². The molecule has 0 unspecified atom stereocenters. The molecule has 2 aromatic rings. The Kier molecular flexibility index (Phi) is 4.84. The van der Waals surface area contributed by atoms with E-state index in [9.17, 15) is 13.6 Å². The van der Waals surface area contributed by atoms with Crippen molar-refractivity contribution in [2.24, 2.45) is 0 Å². The summed E-state index contributed by atoms with van der Waals surface area (Å²) in [4.78, 5) is 11.8. The van der Waals surface area contributed by atoms with Crippen LogP contribution in [0, 0.1) is 11.6 Å². The van der Waals surface area contributed by atoms with Gasteiger partial charge in [0.25, 0.3) is 5.91 Å². The molecule has 0 saturated heterocycles. The van der Waals surface area contributed by atoms with Crippen LogP contribution in [0.1, 0.15) is 15.9 Å². The van der Waals surface area contributed by atoms with Crippen LogP contribution in [0.15, 0.2) is 46.9 Å². The summed E-state index contributed by atoms with van der Waals surface area (Å²) >= 11 is 3.03. The Labute approximate surface area is 123 Å². The summed E-state index contributed by atoms with van der Waals surface area (Å²) in [5.74, 6) is -1.14. The quantitative estimate of drug-likeness (QED) is 0.904. The third-order valence-corrected chi connectivity index (χ3v) is 3.41. The van der Waals surface area contributed by atoms with Gasteiger partial charge in [0.05, 0.1) is 4.47 Å². The highest BCUT2D eigenvalue weighted by Gasteiger charge is 2.08. The minimum Gasteiger partial charge on any atom is -0.352 e. The molecule has 0 bridgehead atoms. The Morgan fingerprint density at radius 1 is 1.15 bits per heavy atom. The monoisotopic (exact) mass is 339 g/mol. The van der Waals surface area contributed by atoms with Crippen LogP contribution in [0.25, 0.3) is 0 Å². The zero-order chi connectivity index (χ0) is 14.5. The predicted octanol–water partition coefficient (Wildman–Crippen LogP) is 3.70. The molecule has 20 heavy (non-hydrogen) atoms. The summed E-state index contributed by atoms with van der Waals surface area (Å²) in [5, 5.41) is 2.67. The average Bonchev–Trinajstić information content (AvgIpc) is 2.42. The van der Waals surface area contributed by atoms with Crippen LogP contribution in [-0.2, 0) is 6.42 Å². The van der Waals surface area contributed by atoms with E-state index in [-0.39, 0.29) is 17.3 Å². The number of nitrogens with one attached hydrogen (secondary N) is 1. The van der Waals surface area contributed by atoms with Crippen molar-refractivity contribution in [1.29, 1.82) is 0 Å². The number of carbonyl (C=O) groups excluding carboxylic acids is 1. The van der Waals surface area contributed by atoms with Gasteiger partial charge in [-0.15, -0.1) is 0 Å². The van der Waals surface area contributed by atoms with Gasteiger partial charge in [0.15, 0.2) is 0 Å². The van der Waals surface area contributed by atoms with Crippen molar-refractivity contribution < 1.29 is 13.6 Å². The number of carbonyl (C=O) groups is 1. The Balaban J connectivity index is 1.90. The van der Waals surface area contributed by atoms with Crippen molar-refractivity contribution >= 4 is 21.8 Å². The molecule has 0 aliphatic carbocycles. The lowest BCUT2D eigenvalue weighted by molar-refractivity contribution is 0.0953. The van der Waals surface area contributed by atoms with Gasteiger partial charge in [0.2, 0.25) is 0 Å². The van der Waals surface area contributed by atoms with Crippen LogP contribution in [0.4, 0.5) is 8.78 Å². The largest absolute Gasteiger partial charge is 0.352 e. The summed E-state index contributed by atoms with van der Waals surface area (Å²) in [6.45, 7) is 0.361. The van der Waals surface area contributed by atoms with Crippen molar-refractivity contribution in [2.45, 2.75) is 6.42 Å². The van der Waals surface area contributed by atoms with Crippen LogP contribution in [0.3, 0.4) is 0 Å². The predicted molar refractivity (Wildman–Crippen MR) is 76.5 cm³/mol. The van der Waals surface area contributed by atoms with Gasteiger partial charge in [-0.05, 0) is 58.2 Å².